The minimum Gasteiger partial charge on any atom is -0.493 e. The summed E-state index contributed by atoms with van der Waals surface area (Å²) in [6, 6.07) is 16.4. The van der Waals surface area contributed by atoms with E-state index in [0.717, 1.165) is 11.1 Å². The zero-order valence-corrected chi connectivity index (χ0v) is 21.4. The van der Waals surface area contributed by atoms with Crippen LogP contribution in [0.1, 0.15) is 46.0 Å². The van der Waals surface area contributed by atoms with Crippen LogP contribution in [0.5, 0.6) is 11.5 Å². The normalized spacial score (nSPS) is 16.6. The van der Waals surface area contributed by atoms with E-state index in [1.54, 1.807) is 33.2 Å². The summed E-state index contributed by atoms with van der Waals surface area (Å²) in [5.41, 5.74) is 0.957. The Hall–Kier alpha value is -4.34. The van der Waals surface area contributed by atoms with Crippen LogP contribution in [0.2, 0.25) is 0 Å². The Labute approximate surface area is 215 Å². The highest BCUT2D eigenvalue weighted by molar-refractivity contribution is 6.01. The van der Waals surface area contributed by atoms with Crippen molar-refractivity contribution >= 4 is 17.7 Å². The summed E-state index contributed by atoms with van der Waals surface area (Å²) in [6.45, 7) is 4.75. The summed E-state index contributed by atoms with van der Waals surface area (Å²) < 4.78 is 12.3. The minimum absolute atomic E-state index is 0.101. The second-order valence-corrected chi connectivity index (χ2v) is 8.98. The van der Waals surface area contributed by atoms with E-state index in [1.165, 1.54) is 15.6 Å². The van der Waals surface area contributed by atoms with Gasteiger partial charge in [-0.15, -0.1) is 0 Å². The molecule has 2 N–H and O–H groups in total. The molecular formula is C27H31N5O5. The van der Waals surface area contributed by atoms with Gasteiger partial charge in [0, 0.05) is 26.2 Å². The molecule has 1 unspecified atom stereocenters. The van der Waals surface area contributed by atoms with Crippen molar-refractivity contribution in [3.05, 3.63) is 77.1 Å². The summed E-state index contributed by atoms with van der Waals surface area (Å²) in [5.74, 6) is 0.0850. The van der Waals surface area contributed by atoms with Gasteiger partial charge in [-0.25, -0.2) is 0 Å². The molecule has 194 valence electrons. The maximum absolute atomic E-state index is 13.1. The first-order valence-corrected chi connectivity index (χ1v) is 12.0. The summed E-state index contributed by atoms with van der Waals surface area (Å²) in [5, 5.41) is 10.1. The van der Waals surface area contributed by atoms with Crippen molar-refractivity contribution in [2.45, 2.75) is 39.0 Å². The molecule has 10 nitrogen and oxygen atoms in total. The number of carbonyl (C=O) groups excluding carboxylic acids is 3. The van der Waals surface area contributed by atoms with E-state index >= 15 is 0 Å². The van der Waals surface area contributed by atoms with Crippen LogP contribution >= 0.6 is 0 Å². The number of likely N-dealkylation sites (N-methyl/N-ethyl adjacent to an activating group) is 1. The third-order valence-corrected chi connectivity index (χ3v) is 6.50. The largest absolute Gasteiger partial charge is 0.493 e. The van der Waals surface area contributed by atoms with E-state index in [-0.39, 0.29) is 36.3 Å². The SMILES string of the molecule is CCOc1cc(CNC(=O)c2cc3n(n2)CC(C)(C(=O)NCc2ccccc2)N(C)C3=O)ccc1OC. The predicted octanol–water partition coefficient (Wildman–Crippen LogP) is 2.38. The first-order valence-electron chi connectivity index (χ1n) is 12.0. The maximum Gasteiger partial charge on any atom is 0.272 e. The van der Waals surface area contributed by atoms with Crippen molar-refractivity contribution in [2.24, 2.45) is 0 Å². The minimum atomic E-state index is -1.17. The van der Waals surface area contributed by atoms with Gasteiger partial charge in [0.25, 0.3) is 11.8 Å². The average Bonchev–Trinajstić information content (AvgIpc) is 3.34. The molecular weight excluding hydrogens is 474 g/mol. The van der Waals surface area contributed by atoms with Crippen molar-refractivity contribution in [1.82, 2.24) is 25.3 Å². The number of amides is 3. The number of hydrogen-bond acceptors (Lipinski definition) is 6. The van der Waals surface area contributed by atoms with Crippen LogP contribution in [0.3, 0.4) is 0 Å². The lowest BCUT2D eigenvalue weighted by atomic mass is 9.96. The molecule has 2 heterocycles. The van der Waals surface area contributed by atoms with Gasteiger partial charge in [0.2, 0.25) is 5.91 Å². The molecule has 10 heteroatoms. The number of nitrogens with zero attached hydrogens (tertiary/aromatic N) is 3. The van der Waals surface area contributed by atoms with Crippen molar-refractivity contribution < 1.29 is 23.9 Å². The molecule has 0 spiro atoms. The second-order valence-electron chi connectivity index (χ2n) is 8.98. The van der Waals surface area contributed by atoms with Crippen LogP contribution in [0.4, 0.5) is 0 Å². The van der Waals surface area contributed by atoms with E-state index in [9.17, 15) is 14.4 Å². The molecule has 37 heavy (non-hydrogen) atoms. The van der Waals surface area contributed by atoms with Crippen LogP contribution in [0, 0.1) is 0 Å². The molecule has 1 atom stereocenters. The highest BCUT2D eigenvalue weighted by atomic mass is 16.5. The topological polar surface area (TPSA) is 115 Å². The monoisotopic (exact) mass is 505 g/mol. The zero-order valence-electron chi connectivity index (χ0n) is 21.4. The maximum atomic E-state index is 13.1. The van der Waals surface area contributed by atoms with E-state index in [1.807, 2.05) is 43.3 Å². The molecule has 0 bridgehead atoms. The molecule has 0 fully saturated rings. The van der Waals surface area contributed by atoms with Gasteiger partial charge in [-0.2, -0.15) is 5.10 Å². The van der Waals surface area contributed by atoms with Gasteiger partial charge in [-0.05, 0) is 37.1 Å². The quantitative estimate of drug-likeness (QED) is 0.462. The summed E-state index contributed by atoms with van der Waals surface area (Å²) >= 11 is 0. The molecule has 1 aliphatic rings. The number of hydrogen-bond donors (Lipinski definition) is 2. The molecule has 4 rings (SSSR count). The van der Waals surface area contributed by atoms with Crippen molar-refractivity contribution in [3.8, 4) is 11.5 Å². The highest BCUT2D eigenvalue weighted by Crippen LogP contribution is 2.28. The Kier molecular flexibility index (Phi) is 7.47. The lowest BCUT2D eigenvalue weighted by Gasteiger charge is -2.40. The predicted molar refractivity (Wildman–Crippen MR) is 136 cm³/mol. The Bertz CT molecular complexity index is 1310. The number of benzene rings is 2. The lowest BCUT2D eigenvalue weighted by molar-refractivity contribution is -0.132. The zero-order chi connectivity index (χ0) is 26.6. The van der Waals surface area contributed by atoms with Crippen LogP contribution in [-0.2, 0) is 24.4 Å². The fourth-order valence-corrected chi connectivity index (χ4v) is 4.18. The van der Waals surface area contributed by atoms with Gasteiger partial charge in [0.1, 0.15) is 11.2 Å². The third-order valence-electron chi connectivity index (χ3n) is 6.50. The van der Waals surface area contributed by atoms with E-state index < -0.39 is 11.4 Å². The lowest BCUT2D eigenvalue weighted by Crippen LogP contribution is -2.62. The fourth-order valence-electron chi connectivity index (χ4n) is 4.18. The fraction of sp³-hybridized carbons (Fsp3) is 0.333. The van der Waals surface area contributed by atoms with Crippen molar-refractivity contribution in [1.29, 1.82) is 0 Å². The smallest absolute Gasteiger partial charge is 0.272 e. The van der Waals surface area contributed by atoms with Gasteiger partial charge in [-0.3, -0.25) is 19.1 Å². The number of ether oxygens (including phenoxy) is 2. The second kappa shape index (κ2) is 10.7. The van der Waals surface area contributed by atoms with Gasteiger partial charge < -0.3 is 25.0 Å². The third kappa shape index (κ3) is 5.28. The molecule has 0 radical (unpaired) electrons. The van der Waals surface area contributed by atoms with Crippen LogP contribution < -0.4 is 20.1 Å². The molecule has 3 amide bonds. The average molecular weight is 506 g/mol. The standard InChI is InChI=1S/C27H31N5O5/c1-5-37-23-13-19(11-12-22(23)36-4)16-28-24(33)20-14-21-25(34)31(3)27(2,17-32(21)30-20)26(35)29-15-18-9-7-6-8-10-18/h6-14H,5,15-17H2,1-4H3,(H,28,33)(H,29,35). The Morgan fingerprint density at radius 2 is 1.76 bits per heavy atom. The number of nitrogens with one attached hydrogen (secondary N) is 2. The molecule has 0 aliphatic carbocycles. The van der Waals surface area contributed by atoms with E-state index in [2.05, 4.69) is 15.7 Å². The van der Waals surface area contributed by atoms with Gasteiger partial charge in [-0.1, -0.05) is 36.4 Å². The number of aromatic nitrogens is 2. The van der Waals surface area contributed by atoms with E-state index in [4.69, 9.17) is 9.47 Å². The van der Waals surface area contributed by atoms with Crippen LogP contribution in [0.25, 0.3) is 0 Å². The number of fused-ring (bicyclic) bond motifs is 1. The Morgan fingerprint density at radius 1 is 1.03 bits per heavy atom. The summed E-state index contributed by atoms with van der Waals surface area (Å²) in [4.78, 5) is 40.5. The Balaban J connectivity index is 1.45. The first kappa shape index (κ1) is 25.7. The molecule has 1 aliphatic heterocycles. The molecule has 0 saturated carbocycles. The first-order chi connectivity index (χ1) is 17.8. The highest BCUT2D eigenvalue weighted by Gasteiger charge is 2.46. The van der Waals surface area contributed by atoms with Crippen molar-refractivity contribution in [2.75, 3.05) is 20.8 Å². The molecule has 0 saturated heterocycles. The molecule has 1 aromatic heterocycles. The number of rotatable bonds is 9. The molecule has 2 aromatic carbocycles. The molecule has 3 aromatic rings. The van der Waals surface area contributed by atoms with Gasteiger partial charge >= 0.3 is 0 Å². The van der Waals surface area contributed by atoms with Gasteiger partial charge in [0.15, 0.2) is 17.2 Å². The Morgan fingerprint density at radius 3 is 2.46 bits per heavy atom. The van der Waals surface area contributed by atoms with Crippen LogP contribution in [0.15, 0.2) is 54.6 Å². The summed E-state index contributed by atoms with van der Waals surface area (Å²) in [7, 11) is 3.15. The number of carbonyl (C=O) groups is 3. The van der Waals surface area contributed by atoms with E-state index in [0.29, 0.717) is 24.7 Å². The van der Waals surface area contributed by atoms with Crippen molar-refractivity contribution in [3.63, 3.8) is 0 Å². The summed E-state index contributed by atoms with van der Waals surface area (Å²) in [6.07, 6.45) is 0. The number of methoxy groups -OCH3 is 1. The van der Waals surface area contributed by atoms with Crippen LogP contribution in [-0.4, -0.2) is 58.7 Å². The van der Waals surface area contributed by atoms with Gasteiger partial charge in [0.05, 0.1) is 20.3 Å².